The number of ketones is 1. The number of ether oxygens (including phenoxy) is 1. The zero-order valence-electron chi connectivity index (χ0n) is 13.8. The number of amides is 1. The maximum Gasteiger partial charge on any atom is 0.416 e. The monoisotopic (exact) mass is 363 g/mol. The quantitative estimate of drug-likeness (QED) is 0.627. The molecule has 7 heteroatoms. The van der Waals surface area contributed by atoms with Gasteiger partial charge in [0.25, 0.3) is 5.91 Å². The van der Waals surface area contributed by atoms with Gasteiger partial charge in [-0.3, -0.25) is 9.59 Å². The number of hydrogen-bond acceptors (Lipinski definition) is 3. The van der Waals surface area contributed by atoms with Crippen LogP contribution in [0.4, 0.5) is 13.2 Å². The summed E-state index contributed by atoms with van der Waals surface area (Å²) in [6.07, 6.45) is -1.95. The Morgan fingerprint density at radius 1 is 1.15 bits per heavy atom. The summed E-state index contributed by atoms with van der Waals surface area (Å²) in [6, 6.07) is 9.63. The molecule has 0 radical (unpaired) electrons. The SMILES string of the molecule is Cc1cc(/C=C/C(=O)c2cccc(OCC(N)=O)c2)cc(C(F)(F)F)c1. The van der Waals surface area contributed by atoms with Crippen LogP contribution in [0.2, 0.25) is 0 Å². The lowest BCUT2D eigenvalue weighted by Gasteiger charge is -2.08. The number of primary amides is 1. The fourth-order valence-electron chi connectivity index (χ4n) is 2.23. The number of halogens is 3. The lowest BCUT2D eigenvalue weighted by atomic mass is 10.0. The smallest absolute Gasteiger partial charge is 0.416 e. The second-order valence-corrected chi connectivity index (χ2v) is 5.61. The molecule has 0 atom stereocenters. The van der Waals surface area contributed by atoms with Gasteiger partial charge >= 0.3 is 6.18 Å². The molecule has 0 fully saturated rings. The van der Waals surface area contributed by atoms with Gasteiger partial charge in [-0.1, -0.05) is 24.3 Å². The highest BCUT2D eigenvalue weighted by Gasteiger charge is 2.30. The number of allylic oxidation sites excluding steroid dienone is 1. The highest BCUT2D eigenvalue weighted by molar-refractivity contribution is 6.07. The molecular weight excluding hydrogens is 347 g/mol. The number of nitrogens with two attached hydrogens (primary N) is 1. The number of carbonyl (C=O) groups excluding carboxylic acids is 2. The van der Waals surface area contributed by atoms with E-state index in [-0.39, 0.29) is 23.5 Å². The summed E-state index contributed by atoms with van der Waals surface area (Å²) in [4.78, 5) is 22.9. The van der Waals surface area contributed by atoms with Crippen molar-refractivity contribution in [2.45, 2.75) is 13.1 Å². The highest BCUT2D eigenvalue weighted by Crippen LogP contribution is 2.30. The van der Waals surface area contributed by atoms with Crippen LogP contribution in [0.25, 0.3) is 6.08 Å². The van der Waals surface area contributed by atoms with E-state index in [1.54, 1.807) is 25.1 Å². The molecule has 2 aromatic carbocycles. The molecule has 0 saturated carbocycles. The van der Waals surface area contributed by atoms with Crippen LogP contribution in [0, 0.1) is 6.92 Å². The molecule has 2 aromatic rings. The molecule has 1 amide bonds. The number of benzene rings is 2. The van der Waals surface area contributed by atoms with Crippen molar-refractivity contribution in [2.24, 2.45) is 5.73 Å². The summed E-state index contributed by atoms with van der Waals surface area (Å²) < 4.78 is 43.7. The number of rotatable bonds is 6. The molecular formula is C19H16F3NO3. The Bertz CT molecular complexity index is 857. The third kappa shape index (κ3) is 5.47. The second kappa shape index (κ2) is 7.86. The van der Waals surface area contributed by atoms with E-state index < -0.39 is 23.4 Å². The molecule has 0 aliphatic carbocycles. The molecule has 2 N–H and O–H groups in total. The Morgan fingerprint density at radius 2 is 1.88 bits per heavy atom. The van der Waals surface area contributed by atoms with Crippen molar-refractivity contribution in [1.82, 2.24) is 0 Å². The van der Waals surface area contributed by atoms with Crippen LogP contribution in [-0.2, 0) is 11.0 Å². The summed E-state index contributed by atoms with van der Waals surface area (Å²) in [5.74, 6) is -0.774. The zero-order chi connectivity index (χ0) is 19.3. The number of hydrogen-bond donors (Lipinski definition) is 1. The zero-order valence-corrected chi connectivity index (χ0v) is 13.8. The van der Waals surface area contributed by atoms with Gasteiger partial charge < -0.3 is 10.5 Å². The Labute approximate surface area is 148 Å². The lowest BCUT2D eigenvalue weighted by molar-refractivity contribution is -0.137. The van der Waals surface area contributed by atoms with Crippen LogP contribution < -0.4 is 10.5 Å². The minimum Gasteiger partial charge on any atom is -0.484 e. The van der Waals surface area contributed by atoms with E-state index >= 15 is 0 Å². The van der Waals surface area contributed by atoms with Gasteiger partial charge in [-0.05, 0) is 48.4 Å². The van der Waals surface area contributed by atoms with Crippen molar-refractivity contribution < 1.29 is 27.5 Å². The predicted molar refractivity (Wildman–Crippen MR) is 90.7 cm³/mol. The van der Waals surface area contributed by atoms with Crippen LogP contribution in [0.5, 0.6) is 5.75 Å². The molecule has 0 saturated heterocycles. The second-order valence-electron chi connectivity index (χ2n) is 5.61. The van der Waals surface area contributed by atoms with Crippen molar-refractivity contribution in [3.8, 4) is 5.75 Å². The van der Waals surface area contributed by atoms with E-state index in [9.17, 15) is 22.8 Å². The van der Waals surface area contributed by atoms with Gasteiger partial charge in [-0.2, -0.15) is 13.2 Å². The minimum absolute atomic E-state index is 0.270. The maximum atomic E-state index is 12.8. The van der Waals surface area contributed by atoms with Crippen molar-refractivity contribution in [2.75, 3.05) is 6.61 Å². The Hall–Kier alpha value is -3.09. The van der Waals surface area contributed by atoms with Crippen LogP contribution in [0.3, 0.4) is 0 Å². The van der Waals surface area contributed by atoms with Gasteiger partial charge in [-0.25, -0.2) is 0 Å². The van der Waals surface area contributed by atoms with Crippen LogP contribution >= 0.6 is 0 Å². The highest BCUT2D eigenvalue weighted by atomic mass is 19.4. The first-order valence-corrected chi connectivity index (χ1v) is 7.57. The largest absolute Gasteiger partial charge is 0.484 e. The normalized spacial score (nSPS) is 11.5. The lowest BCUT2D eigenvalue weighted by Crippen LogP contribution is -2.20. The molecule has 26 heavy (non-hydrogen) atoms. The summed E-state index contributed by atoms with van der Waals surface area (Å²) in [6.45, 7) is 1.23. The van der Waals surface area contributed by atoms with Crippen molar-refractivity contribution in [3.05, 3.63) is 70.8 Å². The fraction of sp³-hybridized carbons (Fsp3) is 0.158. The van der Waals surface area contributed by atoms with Gasteiger partial charge in [0, 0.05) is 5.56 Å². The van der Waals surface area contributed by atoms with Gasteiger partial charge in [-0.15, -0.1) is 0 Å². The topological polar surface area (TPSA) is 69.4 Å². The minimum atomic E-state index is -4.45. The van der Waals surface area contributed by atoms with Crippen LogP contribution in [0.1, 0.15) is 27.0 Å². The van der Waals surface area contributed by atoms with E-state index in [1.807, 2.05) is 0 Å². The first kappa shape index (κ1) is 19.2. The molecule has 4 nitrogen and oxygen atoms in total. The molecule has 0 unspecified atom stereocenters. The van der Waals surface area contributed by atoms with Gasteiger partial charge in [0.15, 0.2) is 12.4 Å². The van der Waals surface area contributed by atoms with Crippen LogP contribution in [-0.4, -0.2) is 18.3 Å². The molecule has 0 bridgehead atoms. The molecule has 0 heterocycles. The first-order chi connectivity index (χ1) is 12.1. The number of carbonyl (C=O) groups is 2. The predicted octanol–water partition coefficient (Wildman–Crippen LogP) is 3.77. The molecule has 136 valence electrons. The number of aryl methyl sites for hydroxylation is 1. The summed E-state index contributed by atoms with van der Waals surface area (Å²) in [5.41, 5.74) is 5.19. The molecule has 0 aliphatic heterocycles. The number of alkyl halides is 3. The third-order valence-electron chi connectivity index (χ3n) is 3.35. The van der Waals surface area contributed by atoms with Crippen molar-refractivity contribution >= 4 is 17.8 Å². The Balaban J connectivity index is 2.18. The fourth-order valence-corrected chi connectivity index (χ4v) is 2.23. The van der Waals surface area contributed by atoms with E-state index in [0.29, 0.717) is 5.56 Å². The summed E-state index contributed by atoms with van der Waals surface area (Å²) >= 11 is 0. The summed E-state index contributed by atoms with van der Waals surface area (Å²) in [5, 5.41) is 0. The van der Waals surface area contributed by atoms with Gasteiger partial charge in [0.2, 0.25) is 0 Å². The van der Waals surface area contributed by atoms with Crippen LogP contribution in [0.15, 0.2) is 48.5 Å². The van der Waals surface area contributed by atoms with E-state index in [1.165, 1.54) is 24.3 Å². The first-order valence-electron chi connectivity index (χ1n) is 7.57. The van der Waals surface area contributed by atoms with E-state index in [2.05, 4.69) is 0 Å². The Kier molecular flexibility index (Phi) is 5.82. The van der Waals surface area contributed by atoms with E-state index in [0.717, 1.165) is 12.1 Å². The average molecular weight is 363 g/mol. The molecule has 2 rings (SSSR count). The summed E-state index contributed by atoms with van der Waals surface area (Å²) in [7, 11) is 0. The molecule has 0 aromatic heterocycles. The standard InChI is InChI=1S/C19H16F3NO3/c1-12-7-13(9-15(8-12)19(20,21)22)5-6-17(24)14-3-2-4-16(10-14)26-11-18(23)25/h2-10H,11H2,1H3,(H2,23,25)/b6-5+. The van der Waals surface area contributed by atoms with E-state index in [4.69, 9.17) is 10.5 Å². The maximum absolute atomic E-state index is 12.8. The van der Waals surface area contributed by atoms with Crippen molar-refractivity contribution in [3.63, 3.8) is 0 Å². The average Bonchev–Trinajstić information content (AvgIpc) is 2.57. The van der Waals surface area contributed by atoms with Gasteiger partial charge in [0.1, 0.15) is 5.75 Å². The molecule has 0 spiro atoms. The molecule has 0 aliphatic rings. The Morgan fingerprint density at radius 3 is 2.54 bits per heavy atom. The van der Waals surface area contributed by atoms with Crippen molar-refractivity contribution in [1.29, 1.82) is 0 Å². The third-order valence-corrected chi connectivity index (χ3v) is 3.35. The van der Waals surface area contributed by atoms with Gasteiger partial charge in [0.05, 0.1) is 5.56 Å².